The summed E-state index contributed by atoms with van der Waals surface area (Å²) in [5.74, 6) is 0.165. The molecule has 0 radical (unpaired) electrons. The number of benzene rings is 1. The molecule has 0 aliphatic carbocycles. The van der Waals surface area contributed by atoms with Crippen molar-refractivity contribution in [3.8, 4) is 17.2 Å². The van der Waals surface area contributed by atoms with Gasteiger partial charge in [-0.25, -0.2) is 4.79 Å². The van der Waals surface area contributed by atoms with Crippen LogP contribution in [0.4, 0.5) is 4.79 Å². The molecule has 2 N–H and O–H groups in total. The van der Waals surface area contributed by atoms with Crippen molar-refractivity contribution in [2.24, 2.45) is 0 Å². The molecule has 0 heterocycles. The molecule has 0 fully saturated rings. The lowest BCUT2D eigenvalue weighted by Crippen LogP contribution is -2.41. The largest absolute Gasteiger partial charge is 0.493 e. The van der Waals surface area contributed by atoms with Crippen molar-refractivity contribution in [1.82, 2.24) is 10.6 Å². The van der Waals surface area contributed by atoms with Gasteiger partial charge in [0.15, 0.2) is 18.1 Å². The molecule has 1 rings (SSSR count). The highest BCUT2D eigenvalue weighted by molar-refractivity contribution is 5.95. The average molecular weight is 368 g/mol. The minimum absolute atomic E-state index is 0.0487. The highest BCUT2D eigenvalue weighted by atomic mass is 16.5. The van der Waals surface area contributed by atoms with Crippen molar-refractivity contribution in [3.63, 3.8) is 0 Å². The van der Waals surface area contributed by atoms with Crippen molar-refractivity contribution in [2.75, 3.05) is 34.5 Å². The third-order valence-corrected chi connectivity index (χ3v) is 3.30. The van der Waals surface area contributed by atoms with Crippen LogP contribution in [-0.2, 0) is 20.7 Å². The van der Waals surface area contributed by atoms with Gasteiger partial charge in [0.25, 0.3) is 5.91 Å². The summed E-state index contributed by atoms with van der Waals surface area (Å²) < 4.78 is 20.6. The fraction of sp³-hybridized carbons (Fsp3) is 0.471. The molecule has 9 nitrogen and oxygen atoms in total. The summed E-state index contributed by atoms with van der Waals surface area (Å²) in [5, 5.41) is 4.44. The lowest BCUT2D eigenvalue weighted by Gasteiger charge is -2.14. The van der Waals surface area contributed by atoms with E-state index < -0.39 is 24.5 Å². The minimum atomic E-state index is -0.697. The second kappa shape index (κ2) is 10.8. The van der Waals surface area contributed by atoms with Crippen LogP contribution in [0.3, 0.4) is 0 Å². The summed E-state index contributed by atoms with van der Waals surface area (Å²) in [6, 6.07) is 2.83. The molecule has 0 aliphatic heterocycles. The second-order valence-corrected chi connectivity index (χ2v) is 5.10. The van der Waals surface area contributed by atoms with Crippen LogP contribution in [0, 0.1) is 0 Å². The highest BCUT2D eigenvalue weighted by Gasteiger charge is 2.15. The van der Waals surface area contributed by atoms with Gasteiger partial charge in [-0.2, -0.15) is 0 Å². The maximum absolute atomic E-state index is 11.8. The van der Waals surface area contributed by atoms with E-state index in [9.17, 15) is 14.4 Å². The summed E-state index contributed by atoms with van der Waals surface area (Å²) >= 11 is 0. The molecule has 1 aromatic carbocycles. The van der Waals surface area contributed by atoms with E-state index in [0.717, 1.165) is 5.56 Å². The second-order valence-electron chi connectivity index (χ2n) is 5.10. The number of hydrogen-bond acceptors (Lipinski definition) is 7. The maximum atomic E-state index is 11.8. The van der Waals surface area contributed by atoms with E-state index >= 15 is 0 Å². The molecular formula is C17H24N2O7. The number of nitrogens with one attached hydrogen (secondary N) is 2. The number of imide groups is 1. The first-order chi connectivity index (χ1) is 12.4. The number of urea groups is 1. The lowest BCUT2D eigenvalue weighted by atomic mass is 10.1. The Hall–Kier alpha value is -2.97. The van der Waals surface area contributed by atoms with Crippen LogP contribution in [0.1, 0.15) is 18.9 Å². The normalized spacial score (nSPS) is 9.85. The summed E-state index contributed by atoms with van der Waals surface area (Å²) in [6.45, 7) is 1.58. The standard InChI is InChI=1S/C17H24N2O7/c1-5-18-17(22)19-14(20)10-26-15(21)7-6-11-8-12(23-2)16(25-4)13(9-11)24-3/h8-9H,5-7,10H2,1-4H3,(H2,18,19,20,22). The van der Waals surface area contributed by atoms with Gasteiger partial charge in [-0.15, -0.1) is 0 Å². The first-order valence-corrected chi connectivity index (χ1v) is 7.97. The lowest BCUT2D eigenvalue weighted by molar-refractivity contribution is -0.148. The first-order valence-electron chi connectivity index (χ1n) is 7.97. The molecule has 144 valence electrons. The number of carbonyl (C=O) groups excluding carboxylic acids is 3. The van der Waals surface area contributed by atoms with Gasteiger partial charge in [-0.05, 0) is 31.0 Å². The van der Waals surface area contributed by atoms with Crippen LogP contribution in [0.5, 0.6) is 17.2 Å². The molecular weight excluding hydrogens is 344 g/mol. The smallest absolute Gasteiger partial charge is 0.321 e. The number of rotatable bonds is 9. The number of carbonyl (C=O) groups is 3. The van der Waals surface area contributed by atoms with Crippen molar-refractivity contribution in [1.29, 1.82) is 0 Å². The molecule has 0 saturated heterocycles. The van der Waals surface area contributed by atoms with Gasteiger partial charge in [-0.1, -0.05) is 0 Å². The summed E-state index contributed by atoms with van der Waals surface area (Å²) in [4.78, 5) is 34.4. The third kappa shape index (κ3) is 6.50. The molecule has 3 amide bonds. The number of aryl methyl sites for hydroxylation is 1. The Morgan fingerprint density at radius 3 is 2.12 bits per heavy atom. The number of esters is 1. The van der Waals surface area contributed by atoms with E-state index in [1.54, 1.807) is 19.1 Å². The maximum Gasteiger partial charge on any atom is 0.321 e. The molecule has 0 spiro atoms. The number of ether oxygens (including phenoxy) is 4. The molecule has 0 bridgehead atoms. The zero-order valence-corrected chi connectivity index (χ0v) is 15.3. The van der Waals surface area contributed by atoms with Gasteiger partial charge in [0, 0.05) is 13.0 Å². The zero-order chi connectivity index (χ0) is 19.5. The number of hydrogen-bond donors (Lipinski definition) is 2. The Kier molecular flexibility index (Phi) is 8.76. The molecule has 1 aromatic rings. The topological polar surface area (TPSA) is 112 Å². The Morgan fingerprint density at radius 2 is 1.62 bits per heavy atom. The molecule has 0 atom stereocenters. The molecule has 0 aliphatic rings. The van der Waals surface area contributed by atoms with Crippen LogP contribution in [0.2, 0.25) is 0 Å². The minimum Gasteiger partial charge on any atom is -0.493 e. The summed E-state index contributed by atoms with van der Waals surface area (Å²) in [7, 11) is 4.51. The highest BCUT2D eigenvalue weighted by Crippen LogP contribution is 2.38. The van der Waals surface area contributed by atoms with Gasteiger partial charge in [0.2, 0.25) is 5.75 Å². The Bertz CT molecular complexity index is 621. The van der Waals surface area contributed by atoms with Crippen LogP contribution in [-0.4, -0.2) is 52.4 Å². The average Bonchev–Trinajstić information content (AvgIpc) is 2.63. The zero-order valence-electron chi connectivity index (χ0n) is 15.3. The van der Waals surface area contributed by atoms with Crippen molar-refractivity contribution >= 4 is 17.9 Å². The molecule has 26 heavy (non-hydrogen) atoms. The quantitative estimate of drug-likeness (QED) is 0.626. The number of amides is 3. The van der Waals surface area contributed by atoms with Gasteiger partial charge < -0.3 is 24.3 Å². The molecule has 0 saturated carbocycles. The Balaban J connectivity index is 2.54. The van der Waals surface area contributed by atoms with E-state index in [4.69, 9.17) is 18.9 Å². The van der Waals surface area contributed by atoms with E-state index in [2.05, 4.69) is 5.32 Å². The Labute approximate surface area is 151 Å². The summed E-state index contributed by atoms with van der Waals surface area (Å²) in [6.07, 6.45) is 0.403. The molecule has 0 aromatic heterocycles. The third-order valence-electron chi connectivity index (χ3n) is 3.30. The Morgan fingerprint density at radius 1 is 1.00 bits per heavy atom. The van der Waals surface area contributed by atoms with E-state index in [1.807, 2.05) is 5.32 Å². The SMILES string of the molecule is CCNC(=O)NC(=O)COC(=O)CCc1cc(OC)c(OC)c(OC)c1. The van der Waals surface area contributed by atoms with Crippen LogP contribution in [0.15, 0.2) is 12.1 Å². The van der Waals surface area contributed by atoms with E-state index in [1.165, 1.54) is 21.3 Å². The van der Waals surface area contributed by atoms with Crippen LogP contribution < -0.4 is 24.8 Å². The van der Waals surface area contributed by atoms with Crippen molar-refractivity contribution in [2.45, 2.75) is 19.8 Å². The fourth-order valence-electron chi connectivity index (χ4n) is 2.11. The van der Waals surface area contributed by atoms with Crippen LogP contribution in [0.25, 0.3) is 0 Å². The van der Waals surface area contributed by atoms with Gasteiger partial charge in [0.1, 0.15) is 0 Å². The van der Waals surface area contributed by atoms with Crippen molar-refractivity contribution < 1.29 is 33.3 Å². The summed E-state index contributed by atoms with van der Waals surface area (Å²) in [5.41, 5.74) is 0.781. The van der Waals surface area contributed by atoms with Crippen LogP contribution >= 0.6 is 0 Å². The van der Waals surface area contributed by atoms with E-state index in [0.29, 0.717) is 30.2 Å². The molecule has 9 heteroatoms. The molecule has 0 unspecified atom stereocenters. The van der Waals surface area contributed by atoms with E-state index in [-0.39, 0.29) is 6.42 Å². The first kappa shape index (κ1) is 21.1. The fourth-order valence-corrected chi connectivity index (χ4v) is 2.11. The van der Waals surface area contributed by atoms with Crippen molar-refractivity contribution in [3.05, 3.63) is 17.7 Å². The number of methoxy groups -OCH3 is 3. The predicted molar refractivity (Wildman–Crippen MR) is 92.6 cm³/mol. The van der Waals surface area contributed by atoms with Gasteiger partial charge in [0.05, 0.1) is 21.3 Å². The van der Waals surface area contributed by atoms with Gasteiger partial charge in [-0.3, -0.25) is 14.9 Å². The monoisotopic (exact) mass is 368 g/mol. The van der Waals surface area contributed by atoms with Gasteiger partial charge >= 0.3 is 12.0 Å². The predicted octanol–water partition coefficient (Wildman–Crippen LogP) is 1.03.